The van der Waals surface area contributed by atoms with Crippen LogP contribution in [0.15, 0.2) is 0 Å². The Hall–Kier alpha value is -1.10. The normalized spacial score (nSPS) is 26.4. The number of nitrogens with one attached hydrogen (secondary N) is 1. The van der Waals surface area contributed by atoms with Crippen LogP contribution in [-0.2, 0) is 14.3 Å². The van der Waals surface area contributed by atoms with Gasteiger partial charge in [-0.15, -0.1) is 0 Å². The van der Waals surface area contributed by atoms with E-state index in [2.05, 4.69) is 19.2 Å². The molecule has 1 aliphatic heterocycles. The molecule has 1 saturated heterocycles. The Morgan fingerprint density at radius 3 is 2.52 bits per heavy atom. The highest BCUT2D eigenvalue weighted by molar-refractivity contribution is 5.99. The van der Waals surface area contributed by atoms with Crippen molar-refractivity contribution >= 4 is 11.8 Å². The van der Waals surface area contributed by atoms with E-state index in [1.165, 1.54) is 0 Å². The summed E-state index contributed by atoms with van der Waals surface area (Å²) in [7, 11) is 0. The van der Waals surface area contributed by atoms with E-state index in [1.807, 2.05) is 13.8 Å². The molecule has 5 nitrogen and oxygen atoms in total. The fraction of sp³-hybridized carbons (Fsp3) is 0.875. The van der Waals surface area contributed by atoms with Gasteiger partial charge in [-0.1, -0.05) is 34.1 Å². The summed E-state index contributed by atoms with van der Waals surface area (Å²) < 4.78 is 5.58. The number of carbonyl (C=O) groups excluding carboxylic acids is 2. The van der Waals surface area contributed by atoms with Crippen molar-refractivity contribution in [2.75, 3.05) is 19.8 Å². The Morgan fingerprint density at radius 1 is 1.33 bits per heavy atom. The van der Waals surface area contributed by atoms with Crippen molar-refractivity contribution in [3.05, 3.63) is 0 Å². The molecule has 1 fully saturated rings. The first-order valence-corrected chi connectivity index (χ1v) is 8.06. The quantitative estimate of drug-likeness (QED) is 0.697. The lowest BCUT2D eigenvalue weighted by molar-refractivity contribution is -0.155. The summed E-state index contributed by atoms with van der Waals surface area (Å²) in [6, 6.07) is -0.357. The Labute approximate surface area is 128 Å². The van der Waals surface area contributed by atoms with E-state index in [0.717, 1.165) is 6.42 Å². The molecule has 2 amide bonds. The van der Waals surface area contributed by atoms with E-state index in [0.29, 0.717) is 38.5 Å². The topological polar surface area (TPSA) is 58.6 Å². The zero-order valence-corrected chi connectivity index (χ0v) is 14.1. The van der Waals surface area contributed by atoms with Crippen LogP contribution >= 0.6 is 0 Å². The molecule has 0 saturated carbocycles. The second-order valence-corrected chi connectivity index (χ2v) is 6.45. The largest absolute Gasteiger partial charge is 0.379 e. The van der Waals surface area contributed by atoms with Crippen molar-refractivity contribution in [2.24, 2.45) is 5.92 Å². The van der Waals surface area contributed by atoms with Crippen LogP contribution in [0.3, 0.4) is 0 Å². The Kier molecular flexibility index (Phi) is 6.65. The molecule has 0 radical (unpaired) electrons. The van der Waals surface area contributed by atoms with Crippen LogP contribution in [0, 0.1) is 5.92 Å². The summed E-state index contributed by atoms with van der Waals surface area (Å²) in [5.41, 5.74) is -0.778. The second kappa shape index (κ2) is 7.78. The number of rotatable bonds is 8. The lowest BCUT2D eigenvalue weighted by atomic mass is 9.90. The first kappa shape index (κ1) is 18.0. The average Bonchev–Trinajstić information content (AvgIpc) is 2.43. The predicted molar refractivity (Wildman–Crippen MR) is 82.9 cm³/mol. The lowest BCUT2D eigenvalue weighted by Gasteiger charge is -2.44. The third-order valence-corrected chi connectivity index (χ3v) is 4.01. The number of carbonyl (C=O) groups is 2. The van der Waals surface area contributed by atoms with Gasteiger partial charge in [-0.2, -0.15) is 0 Å². The highest BCUT2D eigenvalue weighted by atomic mass is 16.5. The van der Waals surface area contributed by atoms with Gasteiger partial charge in [0.1, 0.15) is 11.6 Å². The summed E-state index contributed by atoms with van der Waals surface area (Å²) in [4.78, 5) is 26.7. The third kappa shape index (κ3) is 4.43. The maximum atomic E-state index is 12.7. The molecule has 0 aromatic rings. The Morgan fingerprint density at radius 2 is 2.00 bits per heavy atom. The summed E-state index contributed by atoms with van der Waals surface area (Å²) in [5.74, 6) is 0.443. The maximum absolute atomic E-state index is 12.7. The van der Waals surface area contributed by atoms with E-state index in [-0.39, 0.29) is 17.9 Å². The van der Waals surface area contributed by atoms with Crippen LogP contribution in [0.2, 0.25) is 0 Å². The molecule has 5 heteroatoms. The molecule has 1 heterocycles. The number of nitrogens with zero attached hydrogens (tertiary/aromatic N) is 1. The molecular formula is C16H30N2O3. The molecule has 0 aliphatic carbocycles. The molecule has 21 heavy (non-hydrogen) atoms. The van der Waals surface area contributed by atoms with Gasteiger partial charge in [0.05, 0.1) is 6.61 Å². The van der Waals surface area contributed by atoms with Crippen LogP contribution in [0.25, 0.3) is 0 Å². The van der Waals surface area contributed by atoms with Gasteiger partial charge in [0.25, 0.3) is 0 Å². The molecule has 0 bridgehead atoms. The van der Waals surface area contributed by atoms with Crippen molar-refractivity contribution in [3.8, 4) is 0 Å². The van der Waals surface area contributed by atoms with Crippen molar-refractivity contribution in [1.82, 2.24) is 10.2 Å². The number of amides is 2. The maximum Gasteiger partial charge on any atom is 0.248 e. The zero-order chi connectivity index (χ0) is 16.0. The minimum absolute atomic E-state index is 0.0104. The van der Waals surface area contributed by atoms with Crippen molar-refractivity contribution in [1.29, 1.82) is 0 Å². The summed E-state index contributed by atoms with van der Waals surface area (Å²) in [5, 5.41) is 2.89. The molecule has 2 atom stereocenters. The molecule has 0 aromatic heterocycles. The summed E-state index contributed by atoms with van der Waals surface area (Å²) in [6.07, 6.45) is 2.17. The van der Waals surface area contributed by atoms with Gasteiger partial charge in [-0.25, -0.2) is 0 Å². The predicted octanol–water partition coefficient (Wildman–Crippen LogP) is 1.95. The van der Waals surface area contributed by atoms with Gasteiger partial charge >= 0.3 is 0 Å². The van der Waals surface area contributed by atoms with Crippen LogP contribution in [0.4, 0.5) is 0 Å². The highest BCUT2D eigenvalue weighted by Crippen LogP contribution is 2.23. The van der Waals surface area contributed by atoms with E-state index in [9.17, 15) is 9.59 Å². The van der Waals surface area contributed by atoms with Gasteiger partial charge in [-0.3, -0.25) is 9.59 Å². The third-order valence-electron chi connectivity index (χ3n) is 4.01. The van der Waals surface area contributed by atoms with Crippen LogP contribution in [0.1, 0.15) is 53.9 Å². The van der Waals surface area contributed by atoms with Gasteiger partial charge < -0.3 is 15.0 Å². The van der Waals surface area contributed by atoms with E-state index in [1.54, 1.807) is 11.8 Å². The second-order valence-electron chi connectivity index (χ2n) is 6.45. The van der Waals surface area contributed by atoms with Crippen molar-refractivity contribution in [2.45, 2.75) is 65.5 Å². The molecule has 0 spiro atoms. The first-order chi connectivity index (χ1) is 9.85. The number of hydrogen-bond donors (Lipinski definition) is 1. The SMILES string of the molecule is CCCC1C(=O)NC(C)(CC)C(=O)N1CCOCC(C)C. The van der Waals surface area contributed by atoms with E-state index < -0.39 is 5.54 Å². The molecule has 1 aliphatic rings. The highest BCUT2D eigenvalue weighted by Gasteiger charge is 2.46. The molecular weight excluding hydrogens is 268 g/mol. The molecule has 1 N–H and O–H groups in total. The molecule has 1 rings (SSSR count). The lowest BCUT2D eigenvalue weighted by Crippen LogP contribution is -2.69. The van der Waals surface area contributed by atoms with Crippen molar-refractivity contribution < 1.29 is 14.3 Å². The van der Waals surface area contributed by atoms with Gasteiger partial charge in [-0.05, 0) is 25.7 Å². The molecule has 2 unspecified atom stereocenters. The van der Waals surface area contributed by atoms with Gasteiger partial charge in [0.15, 0.2) is 0 Å². The first-order valence-electron chi connectivity index (χ1n) is 8.06. The zero-order valence-electron chi connectivity index (χ0n) is 14.1. The Bertz CT molecular complexity index is 371. The van der Waals surface area contributed by atoms with Crippen LogP contribution in [0.5, 0.6) is 0 Å². The smallest absolute Gasteiger partial charge is 0.248 e. The van der Waals surface area contributed by atoms with E-state index >= 15 is 0 Å². The number of piperazine rings is 1. The van der Waals surface area contributed by atoms with Crippen molar-refractivity contribution in [3.63, 3.8) is 0 Å². The summed E-state index contributed by atoms with van der Waals surface area (Å²) >= 11 is 0. The van der Waals surface area contributed by atoms with Gasteiger partial charge in [0, 0.05) is 13.2 Å². The molecule has 0 aromatic carbocycles. The molecule has 122 valence electrons. The fourth-order valence-electron chi connectivity index (χ4n) is 2.55. The fourth-order valence-corrected chi connectivity index (χ4v) is 2.55. The Balaban J connectivity index is 2.75. The monoisotopic (exact) mass is 298 g/mol. The minimum atomic E-state index is -0.778. The van der Waals surface area contributed by atoms with Crippen LogP contribution in [-0.4, -0.2) is 48.1 Å². The van der Waals surface area contributed by atoms with Gasteiger partial charge in [0.2, 0.25) is 11.8 Å². The minimum Gasteiger partial charge on any atom is -0.379 e. The average molecular weight is 298 g/mol. The van der Waals surface area contributed by atoms with Crippen LogP contribution < -0.4 is 5.32 Å². The number of ether oxygens (including phenoxy) is 1. The van der Waals surface area contributed by atoms with E-state index in [4.69, 9.17) is 4.74 Å². The summed E-state index contributed by atoms with van der Waals surface area (Å²) in [6.45, 7) is 11.6. The number of hydrogen-bond acceptors (Lipinski definition) is 3. The standard InChI is InChI=1S/C16H30N2O3/c1-6-8-13-14(19)17-16(5,7-2)15(20)18(13)9-10-21-11-12(3)4/h12-13H,6-11H2,1-5H3,(H,17,19).